The van der Waals surface area contributed by atoms with Crippen molar-refractivity contribution in [2.24, 2.45) is 11.8 Å². The minimum Gasteiger partial charge on any atom is -0.493 e. The van der Waals surface area contributed by atoms with E-state index in [2.05, 4.69) is 5.32 Å². The average Bonchev–Trinajstić information content (AvgIpc) is 2.43. The van der Waals surface area contributed by atoms with E-state index in [4.69, 9.17) is 27.9 Å². The summed E-state index contributed by atoms with van der Waals surface area (Å²) in [6.45, 7) is 3.97. The quantitative estimate of drug-likeness (QED) is 0.914. The smallest absolute Gasteiger partial charge is 0.228 e. The second kappa shape index (κ2) is 7.07. The molecule has 2 aliphatic heterocycles. The van der Waals surface area contributed by atoms with Gasteiger partial charge in [-0.3, -0.25) is 4.79 Å². The van der Waals surface area contributed by atoms with E-state index in [1.54, 1.807) is 18.2 Å². The summed E-state index contributed by atoms with van der Waals surface area (Å²) in [6, 6.07) is 5.24. The molecule has 2 fully saturated rings. The van der Waals surface area contributed by atoms with Gasteiger partial charge in [0.1, 0.15) is 5.75 Å². The van der Waals surface area contributed by atoms with Crippen LogP contribution in [0.1, 0.15) is 12.8 Å². The first-order valence-corrected chi connectivity index (χ1v) is 8.46. The molecule has 2 saturated heterocycles. The number of nitrogens with zero attached hydrogens (tertiary/aromatic N) is 1. The van der Waals surface area contributed by atoms with E-state index in [-0.39, 0.29) is 5.92 Å². The molecule has 1 aromatic rings. The van der Waals surface area contributed by atoms with Gasteiger partial charge in [-0.2, -0.15) is 0 Å². The van der Waals surface area contributed by atoms with Crippen molar-refractivity contribution in [3.8, 4) is 5.75 Å². The second-order valence-electron chi connectivity index (χ2n) is 6.04. The summed E-state index contributed by atoms with van der Waals surface area (Å²) in [5, 5.41) is 4.31. The fraction of sp³-hybridized carbons (Fsp3) is 0.562. The molecule has 1 amide bonds. The van der Waals surface area contributed by atoms with E-state index in [1.165, 1.54) is 0 Å². The van der Waals surface area contributed by atoms with Gasteiger partial charge in [-0.1, -0.05) is 23.2 Å². The van der Waals surface area contributed by atoms with Crippen molar-refractivity contribution in [3.05, 3.63) is 28.2 Å². The largest absolute Gasteiger partial charge is 0.493 e. The van der Waals surface area contributed by atoms with Crippen LogP contribution < -0.4 is 10.1 Å². The molecular weight excluding hydrogens is 323 g/mol. The van der Waals surface area contributed by atoms with Crippen LogP contribution in [-0.2, 0) is 4.79 Å². The number of carbonyl (C=O) groups is 1. The highest BCUT2D eigenvalue weighted by Crippen LogP contribution is 2.26. The molecule has 1 aromatic carbocycles. The molecule has 0 saturated carbocycles. The zero-order valence-corrected chi connectivity index (χ0v) is 13.9. The lowest BCUT2D eigenvalue weighted by Crippen LogP contribution is -2.53. The van der Waals surface area contributed by atoms with Crippen molar-refractivity contribution in [1.29, 1.82) is 0 Å². The van der Waals surface area contributed by atoms with Gasteiger partial charge >= 0.3 is 0 Å². The highest BCUT2D eigenvalue weighted by Gasteiger charge is 2.31. The molecule has 0 aromatic heterocycles. The van der Waals surface area contributed by atoms with Crippen LogP contribution in [0.15, 0.2) is 18.2 Å². The van der Waals surface area contributed by atoms with Crippen molar-refractivity contribution in [3.63, 3.8) is 0 Å². The molecule has 0 spiro atoms. The van der Waals surface area contributed by atoms with E-state index in [1.807, 2.05) is 4.90 Å². The maximum Gasteiger partial charge on any atom is 0.228 e. The summed E-state index contributed by atoms with van der Waals surface area (Å²) < 4.78 is 5.80. The number of nitrogens with one attached hydrogen (secondary N) is 1. The number of halogens is 2. The van der Waals surface area contributed by atoms with E-state index in [9.17, 15) is 4.79 Å². The van der Waals surface area contributed by atoms with Gasteiger partial charge in [0, 0.05) is 36.2 Å². The molecule has 0 unspecified atom stereocenters. The lowest BCUT2D eigenvalue weighted by atomic mass is 9.95. The van der Waals surface area contributed by atoms with Crippen LogP contribution in [0.4, 0.5) is 0 Å². The minimum absolute atomic E-state index is 0.196. The Morgan fingerprint density at radius 3 is 2.36 bits per heavy atom. The molecule has 0 radical (unpaired) electrons. The van der Waals surface area contributed by atoms with Gasteiger partial charge in [0.15, 0.2) is 0 Å². The van der Waals surface area contributed by atoms with E-state index in [0.29, 0.717) is 34.2 Å². The predicted molar refractivity (Wildman–Crippen MR) is 87.6 cm³/mol. The molecule has 6 heteroatoms. The van der Waals surface area contributed by atoms with Crippen LogP contribution in [-0.4, -0.2) is 43.6 Å². The number of carbonyl (C=O) groups excluding carboxylic acids is 1. The fourth-order valence-electron chi connectivity index (χ4n) is 2.87. The van der Waals surface area contributed by atoms with Crippen molar-refractivity contribution in [1.82, 2.24) is 10.2 Å². The lowest BCUT2D eigenvalue weighted by molar-refractivity contribution is -0.138. The molecule has 3 rings (SSSR count). The van der Waals surface area contributed by atoms with Crippen molar-refractivity contribution < 1.29 is 9.53 Å². The number of amides is 1. The zero-order chi connectivity index (χ0) is 15.5. The Morgan fingerprint density at radius 1 is 1.18 bits per heavy atom. The first-order valence-electron chi connectivity index (χ1n) is 7.70. The van der Waals surface area contributed by atoms with Crippen LogP contribution in [0.3, 0.4) is 0 Å². The monoisotopic (exact) mass is 342 g/mol. The molecule has 0 bridgehead atoms. The van der Waals surface area contributed by atoms with E-state index < -0.39 is 0 Å². The predicted octanol–water partition coefficient (Wildman–Crippen LogP) is 2.83. The van der Waals surface area contributed by atoms with Gasteiger partial charge in [0.05, 0.1) is 12.5 Å². The lowest BCUT2D eigenvalue weighted by Gasteiger charge is -2.36. The molecule has 22 heavy (non-hydrogen) atoms. The third-order valence-electron chi connectivity index (χ3n) is 4.38. The maximum atomic E-state index is 12.2. The standard InChI is InChI=1S/C16H20Cl2N2O2/c17-13-5-14(18)7-15(6-13)22-10-11-1-3-20(4-2-11)16(21)12-8-19-9-12/h5-7,11-12,19H,1-4,8-10H2. The molecule has 4 nitrogen and oxygen atoms in total. The van der Waals surface area contributed by atoms with Gasteiger partial charge in [-0.05, 0) is 37.0 Å². The Morgan fingerprint density at radius 2 is 1.82 bits per heavy atom. The Kier molecular flexibility index (Phi) is 5.11. The third kappa shape index (κ3) is 3.86. The zero-order valence-electron chi connectivity index (χ0n) is 12.4. The number of likely N-dealkylation sites (tertiary alicyclic amines) is 1. The second-order valence-corrected chi connectivity index (χ2v) is 6.91. The Bertz CT molecular complexity index is 521. The van der Waals surface area contributed by atoms with E-state index in [0.717, 1.165) is 39.0 Å². The van der Waals surface area contributed by atoms with Gasteiger partial charge in [0.2, 0.25) is 5.91 Å². The number of hydrogen-bond donors (Lipinski definition) is 1. The van der Waals surface area contributed by atoms with Gasteiger partial charge in [-0.25, -0.2) is 0 Å². The van der Waals surface area contributed by atoms with E-state index >= 15 is 0 Å². The highest BCUT2D eigenvalue weighted by atomic mass is 35.5. The van der Waals surface area contributed by atoms with Gasteiger partial charge in [0.25, 0.3) is 0 Å². The Labute approximate surface area is 140 Å². The molecule has 120 valence electrons. The summed E-state index contributed by atoms with van der Waals surface area (Å²) >= 11 is 11.9. The highest BCUT2D eigenvalue weighted by molar-refractivity contribution is 6.34. The SMILES string of the molecule is O=C(C1CNC1)N1CCC(COc2cc(Cl)cc(Cl)c2)CC1. The maximum absolute atomic E-state index is 12.2. The molecule has 0 aliphatic carbocycles. The van der Waals surface area contributed by atoms with Gasteiger partial charge < -0.3 is 15.0 Å². The molecule has 1 N–H and O–H groups in total. The van der Waals surface area contributed by atoms with Gasteiger partial charge in [-0.15, -0.1) is 0 Å². The Hall–Kier alpha value is -0.970. The minimum atomic E-state index is 0.196. The topological polar surface area (TPSA) is 41.6 Å². The molecular formula is C16H20Cl2N2O2. The summed E-state index contributed by atoms with van der Waals surface area (Å²) in [5.74, 6) is 1.68. The Balaban J connectivity index is 1.44. The average molecular weight is 343 g/mol. The first-order chi connectivity index (χ1) is 10.6. The number of ether oxygens (including phenoxy) is 1. The van der Waals surface area contributed by atoms with Crippen LogP contribution in [0.5, 0.6) is 5.75 Å². The van der Waals surface area contributed by atoms with Crippen LogP contribution >= 0.6 is 23.2 Å². The fourth-order valence-corrected chi connectivity index (χ4v) is 3.37. The molecule has 2 aliphatic rings. The van der Waals surface area contributed by atoms with Crippen molar-refractivity contribution >= 4 is 29.1 Å². The van der Waals surface area contributed by atoms with Crippen molar-refractivity contribution in [2.45, 2.75) is 12.8 Å². The summed E-state index contributed by atoms with van der Waals surface area (Å²) in [4.78, 5) is 14.2. The van der Waals surface area contributed by atoms with Crippen LogP contribution in [0.2, 0.25) is 10.0 Å². The summed E-state index contributed by atoms with van der Waals surface area (Å²) in [5.41, 5.74) is 0. The normalized spacial score (nSPS) is 19.8. The summed E-state index contributed by atoms with van der Waals surface area (Å²) in [7, 11) is 0. The molecule has 2 heterocycles. The first kappa shape index (κ1) is 15.9. The van der Waals surface area contributed by atoms with Crippen molar-refractivity contribution in [2.75, 3.05) is 32.8 Å². The number of piperidine rings is 1. The van der Waals surface area contributed by atoms with Crippen LogP contribution in [0, 0.1) is 11.8 Å². The number of rotatable bonds is 4. The van der Waals surface area contributed by atoms with Crippen LogP contribution in [0.25, 0.3) is 0 Å². The number of hydrogen-bond acceptors (Lipinski definition) is 3. The third-order valence-corrected chi connectivity index (χ3v) is 4.82. The number of benzene rings is 1. The summed E-state index contributed by atoms with van der Waals surface area (Å²) in [6.07, 6.45) is 1.97. The molecule has 0 atom stereocenters.